The Balaban J connectivity index is 0.950. The molecule has 2 aromatic heterocycles. The molecule has 5 aromatic rings. The van der Waals surface area contributed by atoms with E-state index in [0.717, 1.165) is 106 Å². The Bertz CT molecular complexity index is 2450. The van der Waals surface area contributed by atoms with Gasteiger partial charge in [0.05, 0.1) is 54.3 Å². The summed E-state index contributed by atoms with van der Waals surface area (Å²) in [6.07, 6.45) is 7.49. The lowest BCUT2D eigenvalue weighted by atomic mass is 9.89. The first-order valence-corrected chi connectivity index (χ1v) is 21.8. The average Bonchev–Trinajstić information content (AvgIpc) is 4.04. The van der Waals surface area contributed by atoms with Gasteiger partial charge in [-0.3, -0.25) is 9.59 Å². The van der Waals surface area contributed by atoms with Crippen LogP contribution < -0.4 is 10.1 Å². The van der Waals surface area contributed by atoms with E-state index in [0.29, 0.717) is 18.9 Å². The van der Waals surface area contributed by atoms with Crippen LogP contribution in [0.15, 0.2) is 48.7 Å². The lowest BCUT2D eigenvalue weighted by molar-refractivity contribution is -0.138. The molecule has 0 spiro atoms. The second-order valence-electron chi connectivity index (χ2n) is 18.1. The molecule has 13 nitrogen and oxygen atoms in total. The fraction of sp³-hybridized carbons (Fsp3) is 0.511. The molecule has 3 aromatic carbocycles. The van der Waals surface area contributed by atoms with Gasteiger partial charge < -0.3 is 39.3 Å². The number of hydrogen-bond donors (Lipinski definition) is 3. The number of nitrogens with one attached hydrogen (secondary N) is 3. The maximum absolute atomic E-state index is 14.0. The van der Waals surface area contributed by atoms with Gasteiger partial charge in [0.15, 0.2) is 0 Å². The van der Waals surface area contributed by atoms with Crippen LogP contribution in [-0.2, 0) is 25.7 Å². The zero-order valence-electron chi connectivity index (χ0n) is 35.7. The van der Waals surface area contributed by atoms with Crippen molar-refractivity contribution in [2.24, 2.45) is 11.8 Å². The van der Waals surface area contributed by atoms with Crippen LogP contribution in [-0.4, -0.2) is 85.1 Å². The number of carbonyl (C=O) groups is 3. The molecule has 4 aliphatic heterocycles. The summed E-state index contributed by atoms with van der Waals surface area (Å²) in [6, 6.07) is 14.0. The van der Waals surface area contributed by atoms with Crippen molar-refractivity contribution in [3.63, 3.8) is 0 Å². The van der Waals surface area contributed by atoms with E-state index in [2.05, 4.69) is 77.4 Å². The third-order valence-corrected chi connectivity index (χ3v) is 13.4. The Kier molecular flexibility index (Phi) is 10.6. The highest BCUT2D eigenvalue weighted by molar-refractivity contribution is 6.07. The van der Waals surface area contributed by atoms with Crippen LogP contribution in [0.5, 0.6) is 5.75 Å². The minimum absolute atomic E-state index is 0.0119. The van der Waals surface area contributed by atoms with Crippen LogP contribution in [0.4, 0.5) is 4.79 Å². The number of ether oxygens (including phenoxy) is 3. The quantitative estimate of drug-likeness (QED) is 0.141. The maximum Gasteiger partial charge on any atom is 0.407 e. The fourth-order valence-corrected chi connectivity index (χ4v) is 10.5. The van der Waals surface area contributed by atoms with Crippen molar-refractivity contribution in [3.05, 3.63) is 65.9 Å². The van der Waals surface area contributed by atoms with Crippen molar-refractivity contribution in [1.82, 2.24) is 35.1 Å². The lowest BCUT2D eigenvalue weighted by Crippen LogP contribution is -2.52. The Morgan fingerprint density at radius 3 is 2.35 bits per heavy atom. The predicted octanol–water partition coefficient (Wildman–Crippen LogP) is 8.74. The largest absolute Gasteiger partial charge is 0.488 e. The van der Waals surface area contributed by atoms with E-state index in [4.69, 9.17) is 24.2 Å². The number of benzene rings is 3. The molecule has 0 bridgehead atoms. The number of H-pyrrole nitrogens is 2. The van der Waals surface area contributed by atoms with Gasteiger partial charge in [-0.25, -0.2) is 14.8 Å². The van der Waals surface area contributed by atoms with Crippen molar-refractivity contribution >= 4 is 39.7 Å². The third-order valence-electron chi connectivity index (χ3n) is 13.4. The number of amides is 3. The number of aromatic nitrogens is 4. The van der Waals surface area contributed by atoms with Gasteiger partial charge in [-0.05, 0) is 124 Å². The van der Waals surface area contributed by atoms with Gasteiger partial charge >= 0.3 is 6.09 Å². The van der Waals surface area contributed by atoms with Gasteiger partial charge in [0, 0.05) is 29.5 Å². The van der Waals surface area contributed by atoms with E-state index in [1.54, 1.807) is 0 Å². The number of rotatable bonds is 8. The summed E-state index contributed by atoms with van der Waals surface area (Å²) in [6.45, 7) is 12.7. The smallest absolute Gasteiger partial charge is 0.407 e. The molecule has 3 saturated heterocycles. The van der Waals surface area contributed by atoms with Gasteiger partial charge in [0.25, 0.3) is 0 Å². The Morgan fingerprint density at radius 1 is 0.883 bits per heavy atom. The van der Waals surface area contributed by atoms with Gasteiger partial charge in [-0.1, -0.05) is 32.0 Å². The van der Waals surface area contributed by atoms with Crippen molar-refractivity contribution < 1.29 is 28.6 Å². The molecule has 4 aliphatic rings. The summed E-state index contributed by atoms with van der Waals surface area (Å²) in [5.74, 6) is 2.68. The number of alkyl carbamates (subject to hydrolysis) is 1. The van der Waals surface area contributed by atoms with Crippen LogP contribution in [0.25, 0.3) is 44.2 Å². The number of fused-ring (bicyclic) bond motifs is 6. The first-order valence-electron chi connectivity index (χ1n) is 21.8. The van der Waals surface area contributed by atoms with Crippen LogP contribution in [0, 0.1) is 11.8 Å². The Hall–Kier alpha value is -5.43. The minimum Gasteiger partial charge on any atom is -0.488 e. The number of likely N-dealkylation sites (tertiary alicyclic amines) is 2. The molecule has 0 aliphatic carbocycles. The molecular weight excluding hydrogens is 759 g/mol. The minimum atomic E-state index is -0.713. The van der Waals surface area contributed by atoms with E-state index >= 15 is 0 Å². The van der Waals surface area contributed by atoms with Crippen LogP contribution in [0.1, 0.15) is 116 Å². The first-order chi connectivity index (χ1) is 28.9. The molecule has 7 atom stereocenters. The molecule has 0 radical (unpaired) electrons. The summed E-state index contributed by atoms with van der Waals surface area (Å²) in [4.78, 5) is 60.9. The van der Waals surface area contributed by atoms with E-state index in [1.807, 2.05) is 37.9 Å². The summed E-state index contributed by atoms with van der Waals surface area (Å²) in [7, 11) is 1.30. The highest BCUT2D eigenvalue weighted by atomic mass is 16.5. The Labute approximate surface area is 350 Å². The number of carbonyl (C=O) groups excluding carboxylic acids is 3. The van der Waals surface area contributed by atoms with E-state index in [9.17, 15) is 14.4 Å². The Morgan fingerprint density at radius 2 is 1.62 bits per heavy atom. The monoisotopic (exact) mass is 815 g/mol. The first kappa shape index (κ1) is 40.0. The van der Waals surface area contributed by atoms with E-state index in [-0.39, 0.29) is 54.1 Å². The zero-order chi connectivity index (χ0) is 42.0. The number of hydrogen-bond acceptors (Lipinski definition) is 8. The molecule has 13 heteroatoms. The number of aromatic amines is 2. The van der Waals surface area contributed by atoms with Crippen LogP contribution >= 0.6 is 0 Å². The van der Waals surface area contributed by atoms with Crippen molar-refractivity contribution in [3.8, 4) is 28.1 Å². The molecule has 0 saturated carbocycles. The van der Waals surface area contributed by atoms with Gasteiger partial charge in [-0.15, -0.1) is 0 Å². The highest BCUT2D eigenvalue weighted by Gasteiger charge is 2.42. The summed E-state index contributed by atoms with van der Waals surface area (Å²) >= 11 is 0. The molecular formula is C47H57N7O6. The maximum atomic E-state index is 14.0. The van der Waals surface area contributed by atoms with E-state index in [1.165, 1.54) is 7.11 Å². The van der Waals surface area contributed by atoms with Crippen molar-refractivity contribution in [2.45, 2.75) is 136 Å². The average molecular weight is 816 g/mol. The second kappa shape index (κ2) is 15.9. The standard InChI is InChI=1S/C47H57N7O6/c1-24(2)42(52-47(57)58-7)46(56)54-26(4)9-15-39(54)45-49-36-13-11-30-20-35-33-12-10-31(19-32(33)23-59-40(35)21-34(30)43(36)51-45)37-22-48-44(50-37)38-14-8-25(3)53(38)41(55)18-29-16-27(5)60-28(6)17-29/h10-13,19-22,24-29,38-39,42H,8-9,14-18,23H2,1-7H3,(H,48,50)(H,49,51)(H,52,57)/t25-,26-,27?,28?,29?,38-,39-,42-/m0/s1. The molecule has 316 valence electrons. The highest BCUT2D eigenvalue weighted by Crippen LogP contribution is 2.44. The molecule has 2 unspecified atom stereocenters. The van der Waals surface area contributed by atoms with Crippen molar-refractivity contribution in [1.29, 1.82) is 0 Å². The normalized spacial score (nSPS) is 25.6. The number of imidazole rings is 2. The van der Waals surface area contributed by atoms with Crippen molar-refractivity contribution in [2.75, 3.05) is 7.11 Å². The van der Waals surface area contributed by atoms with E-state index < -0.39 is 12.1 Å². The summed E-state index contributed by atoms with van der Waals surface area (Å²) in [5, 5.41) is 4.80. The molecule has 3 amide bonds. The SMILES string of the molecule is COC(=O)N[C@H](C(=O)N1[C@@H](C)CC[C@H]1c1nc2ccc3cc4c(cc3c2[nH]1)OCc1cc(-c2cnc([C@@H]3CC[C@H](C)N3C(=O)CC3CC(C)OC(C)C3)[nH]2)ccc1-4)C(C)C. The van der Waals surface area contributed by atoms with Crippen LogP contribution in [0.2, 0.25) is 0 Å². The molecule has 9 rings (SSSR count). The zero-order valence-corrected chi connectivity index (χ0v) is 35.7. The molecule has 6 heterocycles. The van der Waals surface area contributed by atoms with Gasteiger partial charge in [0.2, 0.25) is 11.8 Å². The fourth-order valence-electron chi connectivity index (χ4n) is 10.5. The van der Waals surface area contributed by atoms with Gasteiger partial charge in [-0.2, -0.15) is 0 Å². The summed E-state index contributed by atoms with van der Waals surface area (Å²) in [5.41, 5.74) is 6.91. The molecule has 3 fully saturated rings. The number of nitrogens with zero attached hydrogens (tertiary/aromatic N) is 4. The number of methoxy groups -OCH3 is 1. The lowest BCUT2D eigenvalue weighted by Gasteiger charge is -2.34. The van der Waals surface area contributed by atoms with Crippen LogP contribution in [0.3, 0.4) is 0 Å². The summed E-state index contributed by atoms with van der Waals surface area (Å²) < 4.78 is 17.2. The molecule has 60 heavy (non-hydrogen) atoms. The predicted molar refractivity (Wildman–Crippen MR) is 229 cm³/mol. The third kappa shape index (κ3) is 7.28. The molecule has 3 N–H and O–H groups in total. The topological polar surface area (TPSA) is 155 Å². The van der Waals surface area contributed by atoms with Gasteiger partial charge in [0.1, 0.15) is 30.0 Å². The second-order valence-corrected chi connectivity index (χ2v) is 18.1.